The topological polar surface area (TPSA) is 60.2 Å². The molecule has 90 valence electrons. The van der Waals surface area contributed by atoms with Crippen LogP contribution in [0.5, 0.6) is 0 Å². The fraction of sp³-hybridized carbons (Fsp3) is 0.500. The first-order valence-electron chi connectivity index (χ1n) is 5.45. The summed E-state index contributed by atoms with van der Waals surface area (Å²) >= 11 is 0. The third-order valence-corrected chi connectivity index (χ3v) is 3.08. The lowest BCUT2D eigenvalue weighted by Crippen LogP contribution is -2.18. The molecule has 0 spiro atoms. The maximum Gasteiger partial charge on any atom is 0.209 e. The maximum absolute atomic E-state index is 10.8. The quantitative estimate of drug-likeness (QED) is 0.853. The molecule has 4 heteroatoms. The van der Waals surface area contributed by atoms with Crippen molar-refractivity contribution in [2.24, 2.45) is 11.1 Å². The molecule has 0 saturated heterocycles. The number of rotatable bonds is 5. The van der Waals surface area contributed by atoms with Crippen LogP contribution in [0.2, 0.25) is 0 Å². The summed E-state index contributed by atoms with van der Waals surface area (Å²) in [4.78, 5) is 0. The van der Waals surface area contributed by atoms with E-state index in [1.54, 1.807) is 0 Å². The molecule has 1 aromatic carbocycles. The van der Waals surface area contributed by atoms with E-state index >= 15 is 0 Å². The van der Waals surface area contributed by atoms with Crippen LogP contribution in [0.4, 0.5) is 0 Å². The summed E-state index contributed by atoms with van der Waals surface area (Å²) in [5.41, 5.74) is 2.29. The molecule has 1 rings (SSSR count). The molecule has 0 aromatic heterocycles. The molecule has 0 heterocycles. The average molecular weight is 241 g/mol. The van der Waals surface area contributed by atoms with Gasteiger partial charge in [0.05, 0.1) is 5.75 Å². The molecule has 0 saturated carbocycles. The van der Waals surface area contributed by atoms with Gasteiger partial charge >= 0.3 is 0 Å². The monoisotopic (exact) mass is 241 g/mol. The minimum atomic E-state index is -3.36. The molecule has 0 amide bonds. The smallest absolute Gasteiger partial charge is 0.209 e. The van der Waals surface area contributed by atoms with E-state index in [1.807, 2.05) is 12.1 Å². The largest absolute Gasteiger partial charge is 0.229 e. The van der Waals surface area contributed by atoms with Gasteiger partial charge in [0.15, 0.2) is 0 Å². The van der Waals surface area contributed by atoms with Crippen molar-refractivity contribution < 1.29 is 8.42 Å². The second kappa shape index (κ2) is 5.46. The number of aryl methyl sites for hydroxylation is 1. The lowest BCUT2D eigenvalue weighted by molar-refractivity contribution is 0.597. The Hall–Kier alpha value is -0.870. The number of nitrogens with two attached hydrogens (primary N) is 1. The van der Waals surface area contributed by atoms with Gasteiger partial charge in [-0.1, -0.05) is 38.1 Å². The Balaban J connectivity index is 2.67. The Morgan fingerprint density at radius 2 is 1.88 bits per heavy atom. The van der Waals surface area contributed by atoms with Gasteiger partial charge in [0, 0.05) is 0 Å². The van der Waals surface area contributed by atoms with Crippen molar-refractivity contribution in [3.63, 3.8) is 0 Å². The van der Waals surface area contributed by atoms with Gasteiger partial charge in [0.1, 0.15) is 0 Å². The normalized spacial score (nSPS) is 12.0. The number of hydrogen-bond donors (Lipinski definition) is 1. The standard InChI is InChI=1S/C12H19NO2S/c1-10(2)8-12-5-3-4-11(9-12)6-7-16(13,14)15/h3-5,9-10H,6-8H2,1-2H3,(H2,13,14,15). The Labute approximate surface area is 97.7 Å². The van der Waals surface area contributed by atoms with Crippen molar-refractivity contribution >= 4 is 10.0 Å². The minimum absolute atomic E-state index is 0.0120. The summed E-state index contributed by atoms with van der Waals surface area (Å²) in [6.07, 6.45) is 1.51. The third kappa shape index (κ3) is 5.28. The lowest BCUT2D eigenvalue weighted by atomic mass is 10.0. The van der Waals surface area contributed by atoms with Crippen molar-refractivity contribution in [1.82, 2.24) is 0 Å². The van der Waals surface area contributed by atoms with E-state index in [0.717, 1.165) is 12.0 Å². The highest BCUT2D eigenvalue weighted by Gasteiger charge is 2.04. The van der Waals surface area contributed by atoms with Crippen molar-refractivity contribution in [1.29, 1.82) is 0 Å². The summed E-state index contributed by atoms with van der Waals surface area (Å²) in [6.45, 7) is 4.33. The zero-order valence-corrected chi connectivity index (χ0v) is 10.6. The molecule has 0 atom stereocenters. The van der Waals surface area contributed by atoms with Crippen molar-refractivity contribution in [2.75, 3.05) is 5.75 Å². The highest BCUT2D eigenvalue weighted by atomic mass is 32.2. The van der Waals surface area contributed by atoms with Crippen LogP contribution in [-0.2, 0) is 22.9 Å². The van der Waals surface area contributed by atoms with Crippen molar-refractivity contribution in [3.8, 4) is 0 Å². The predicted octanol–water partition coefficient (Wildman–Crippen LogP) is 1.72. The molecule has 2 N–H and O–H groups in total. The Morgan fingerprint density at radius 1 is 1.25 bits per heavy atom. The van der Waals surface area contributed by atoms with E-state index in [1.165, 1.54) is 5.56 Å². The van der Waals surface area contributed by atoms with Crippen LogP contribution in [0.15, 0.2) is 24.3 Å². The Morgan fingerprint density at radius 3 is 2.44 bits per heavy atom. The first-order chi connectivity index (χ1) is 7.37. The van der Waals surface area contributed by atoms with Gasteiger partial charge in [-0.3, -0.25) is 0 Å². The molecule has 0 aliphatic carbocycles. The van der Waals surface area contributed by atoms with E-state index in [-0.39, 0.29) is 5.75 Å². The van der Waals surface area contributed by atoms with Gasteiger partial charge in [-0.05, 0) is 29.9 Å². The summed E-state index contributed by atoms with van der Waals surface area (Å²) in [5.74, 6) is 0.617. The molecule has 0 bridgehead atoms. The number of primary sulfonamides is 1. The first kappa shape index (κ1) is 13.2. The number of sulfonamides is 1. The summed E-state index contributed by atoms with van der Waals surface area (Å²) in [6, 6.07) is 8.04. The Kier molecular flexibility index (Phi) is 4.50. The van der Waals surface area contributed by atoms with Crippen LogP contribution in [0.3, 0.4) is 0 Å². The van der Waals surface area contributed by atoms with Gasteiger partial charge in [-0.25, -0.2) is 13.6 Å². The van der Waals surface area contributed by atoms with Crippen LogP contribution in [-0.4, -0.2) is 14.2 Å². The molecular weight excluding hydrogens is 222 g/mol. The van der Waals surface area contributed by atoms with E-state index in [2.05, 4.69) is 26.0 Å². The fourth-order valence-corrected chi connectivity index (χ4v) is 2.16. The molecule has 16 heavy (non-hydrogen) atoms. The maximum atomic E-state index is 10.8. The van der Waals surface area contributed by atoms with Crippen LogP contribution >= 0.6 is 0 Å². The van der Waals surface area contributed by atoms with Gasteiger partial charge in [0.25, 0.3) is 0 Å². The third-order valence-electron chi connectivity index (χ3n) is 2.31. The SMILES string of the molecule is CC(C)Cc1cccc(CCS(N)(=O)=O)c1. The van der Waals surface area contributed by atoms with Gasteiger partial charge < -0.3 is 0 Å². The van der Waals surface area contributed by atoms with Crippen molar-refractivity contribution in [3.05, 3.63) is 35.4 Å². The van der Waals surface area contributed by atoms with Crippen LogP contribution in [0, 0.1) is 5.92 Å². The highest BCUT2D eigenvalue weighted by molar-refractivity contribution is 7.89. The summed E-state index contributed by atoms with van der Waals surface area (Å²) in [7, 11) is -3.36. The second-order valence-electron chi connectivity index (χ2n) is 4.53. The molecule has 0 aliphatic rings. The molecule has 0 fully saturated rings. The summed E-state index contributed by atoms with van der Waals surface area (Å²) < 4.78 is 21.7. The molecule has 0 radical (unpaired) electrons. The fourth-order valence-electron chi connectivity index (χ4n) is 1.64. The Bertz CT molecular complexity index is 438. The summed E-state index contributed by atoms with van der Waals surface area (Å²) in [5, 5.41) is 4.97. The van der Waals surface area contributed by atoms with Gasteiger partial charge in [0.2, 0.25) is 10.0 Å². The molecular formula is C12H19NO2S. The van der Waals surface area contributed by atoms with Crippen molar-refractivity contribution in [2.45, 2.75) is 26.7 Å². The van der Waals surface area contributed by atoms with Gasteiger partial charge in [-0.15, -0.1) is 0 Å². The molecule has 0 unspecified atom stereocenters. The van der Waals surface area contributed by atoms with E-state index < -0.39 is 10.0 Å². The van der Waals surface area contributed by atoms with E-state index in [4.69, 9.17) is 5.14 Å². The zero-order valence-electron chi connectivity index (χ0n) is 9.81. The average Bonchev–Trinajstić information content (AvgIpc) is 2.13. The first-order valence-corrected chi connectivity index (χ1v) is 7.16. The highest BCUT2D eigenvalue weighted by Crippen LogP contribution is 2.11. The predicted molar refractivity (Wildman–Crippen MR) is 66.7 cm³/mol. The van der Waals surface area contributed by atoms with Crippen LogP contribution in [0.25, 0.3) is 0 Å². The second-order valence-corrected chi connectivity index (χ2v) is 6.27. The number of benzene rings is 1. The van der Waals surface area contributed by atoms with E-state index in [0.29, 0.717) is 12.3 Å². The van der Waals surface area contributed by atoms with Gasteiger partial charge in [-0.2, -0.15) is 0 Å². The van der Waals surface area contributed by atoms with Crippen LogP contribution in [0.1, 0.15) is 25.0 Å². The molecule has 1 aromatic rings. The van der Waals surface area contributed by atoms with E-state index in [9.17, 15) is 8.42 Å². The molecule has 3 nitrogen and oxygen atoms in total. The number of hydrogen-bond acceptors (Lipinski definition) is 2. The lowest BCUT2D eigenvalue weighted by Gasteiger charge is -2.07. The zero-order chi connectivity index (χ0) is 12.2. The van der Waals surface area contributed by atoms with Crippen LogP contribution < -0.4 is 5.14 Å². The molecule has 0 aliphatic heterocycles. The minimum Gasteiger partial charge on any atom is -0.229 e.